The molecule has 1 aliphatic rings. The largest absolute Gasteiger partial charge is 0.476 e. The van der Waals surface area contributed by atoms with Crippen LogP contribution in [-0.4, -0.2) is 33.2 Å². The minimum Gasteiger partial charge on any atom is -0.476 e. The molecule has 3 aromatic rings. The van der Waals surface area contributed by atoms with Crippen molar-refractivity contribution in [2.75, 3.05) is 22.4 Å². The van der Waals surface area contributed by atoms with Crippen molar-refractivity contribution < 1.29 is 22.7 Å². The summed E-state index contributed by atoms with van der Waals surface area (Å²) in [4.78, 5) is 12.7. The van der Waals surface area contributed by atoms with Gasteiger partial charge in [0.1, 0.15) is 17.2 Å². The van der Waals surface area contributed by atoms with Crippen LogP contribution in [0.2, 0.25) is 0 Å². The molecule has 7 nitrogen and oxygen atoms in total. The van der Waals surface area contributed by atoms with Crippen molar-refractivity contribution in [3.8, 4) is 17.2 Å². The maximum absolute atomic E-state index is 12.7. The number of para-hydroxylation sites is 3. The first kappa shape index (κ1) is 19.8. The molecule has 1 atom stereocenters. The highest BCUT2D eigenvalue weighted by molar-refractivity contribution is 7.92. The summed E-state index contributed by atoms with van der Waals surface area (Å²) in [5.74, 6) is 1.26. The van der Waals surface area contributed by atoms with Gasteiger partial charge in [0.2, 0.25) is 10.0 Å². The van der Waals surface area contributed by atoms with Gasteiger partial charge in [0, 0.05) is 5.69 Å². The SMILES string of the molecule is CS(=O)(=O)N1C[C@H](C(=O)Nc2ccc(Oc3ccccc3)cc2)Oc2ccccc21. The zero-order valence-corrected chi connectivity index (χ0v) is 17.0. The maximum Gasteiger partial charge on any atom is 0.267 e. The number of hydrogen-bond donors (Lipinski definition) is 1. The van der Waals surface area contributed by atoms with Crippen molar-refractivity contribution in [2.45, 2.75) is 6.10 Å². The van der Waals surface area contributed by atoms with E-state index in [1.165, 1.54) is 4.31 Å². The number of carbonyl (C=O) groups excluding carboxylic acids is 1. The van der Waals surface area contributed by atoms with Gasteiger partial charge in [-0.3, -0.25) is 9.10 Å². The van der Waals surface area contributed by atoms with Crippen molar-refractivity contribution in [2.24, 2.45) is 0 Å². The minimum absolute atomic E-state index is 0.100. The van der Waals surface area contributed by atoms with E-state index in [1.54, 1.807) is 48.5 Å². The summed E-state index contributed by atoms with van der Waals surface area (Å²) in [6, 6.07) is 23.0. The van der Waals surface area contributed by atoms with Gasteiger partial charge in [0.15, 0.2) is 6.10 Å². The van der Waals surface area contributed by atoms with Gasteiger partial charge in [-0.15, -0.1) is 0 Å². The van der Waals surface area contributed by atoms with Crippen LogP contribution < -0.4 is 19.1 Å². The fourth-order valence-electron chi connectivity index (χ4n) is 3.11. The Balaban J connectivity index is 1.46. The monoisotopic (exact) mass is 424 g/mol. The average Bonchev–Trinajstić information content (AvgIpc) is 2.74. The smallest absolute Gasteiger partial charge is 0.267 e. The molecule has 0 aromatic heterocycles. The molecule has 4 rings (SSSR count). The minimum atomic E-state index is -3.56. The summed E-state index contributed by atoms with van der Waals surface area (Å²) < 4.78 is 37.0. The van der Waals surface area contributed by atoms with Crippen LogP contribution in [-0.2, 0) is 14.8 Å². The third-order valence-corrected chi connectivity index (χ3v) is 5.67. The fraction of sp³-hybridized carbons (Fsp3) is 0.136. The van der Waals surface area contributed by atoms with E-state index < -0.39 is 22.0 Å². The highest BCUT2D eigenvalue weighted by Crippen LogP contribution is 2.34. The Labute approximate surface area is 174 Å². The molecule has 30 heavy (non-hydrogen) atoms. The zero-order valence-electron chi connectivity index (χ0n) is 16.2. The first-order chi connectivity index (χ1) is 14.4. The molecule has 0 saturated carbocycles. The summed E-state index contributed by atoms with van der Waals surface area (Å²) in [7, 11) is -3.56. The molecule has 8 heteroatoms. The standard InChI is InChI=1S/C22H20N2O5S/c1-30(26,27)24-15-21(29-20-10-6-5-9-19(20)24)22(25)23-16-11-13-18(14-12-16)28-17-7-3-2-4-8-17/h2-14,21H,15H2,1H3,(H,23,25)/t21-/m1/s1. The van der Waals surface area contributed by atoms with Crippen molar-refractivity contribution in [1.29, 1.82) is 0 Å². The molecule has 0 spiro atoms. The Hall–Kier alpha value is -3.52. The Kier molecular flexibility index (Phi) is 5.33. The quantitative estimate of drug-likeness (QED) is 0.676. The second kappa shape index (κ2) is 8.08. The molecule has 1 N–H and O–H groups in total. The number of fused-ring (bicyclic) bond motifs is 1. The number of carbonyl (C=O) groups is 1. The summed E-state index contributed by atoms with van der Waals surface area (Å²) in [5, 5.41) is 2.76. The van der Waals surface area contributed by atoms with Gasteiger partial charge in [-0.1, -0.05) is 30.3 Å². The first-order valence-electron chi connectivity index (χ1n) is 9.27. The molecule has 0 radical (unpaired) electrons. The number of sulfonamides is 1. The van der Waals surface area contributed by atoms with Gasteiger partial charge in [-0.2, -0.15) is 0 Å². The van der Waals surface area contributed by atoms with Crippen LogP contribution >= 0.6 is 0 Å². The summed E-state index contributed by atoms with van der Waals surface area (Å²) in [6.45, 7) is -0.100. The fourth-order valence-corrected chi connectivity index (χ4v) is 4.02. The van der Waals surface area contributed by atoms with Crippen molar-refractivity contribution in [3.05, 3.63) is 78.9 Å². The lowest BCUT2D eigenvalue weighted by Gasteiger charge is -2.33. The van der Waals surface area contributed by atoms with Crippen molar-refractivity contribution >= 4 is 27.3 Å². The van der Waals surface area contributed by atoms with Gasteiger partial charge in [-0.05, 0) is 48.5 Å². The lowest BCUT2D eigenvalue weighted by atomic mass is 10.2. The molecule has 0 unspecified atom stereocenters. The lowest BCUT2D eigenvalue weighted by Crippen LogP contribution is -2.48. The van der Waals surface area contributed by atoms with E-state index in [-0.39, 0.29) is 6.54 Å². The van der Waals surface area contributed by atoms with E-state index >= 15 is 0 Å². The Morgan fingerprint density at radius 2 is 1.60 bits per heavy atom. The third-order valence-electron chi connectivity index (χ3n) is 4.53. The second-order valence-corrected chi connectivity index (χ2v) is 8.70. The van der Waals surface area contributed by atoms with Gasteiger partial charge in [0.05, 0.1) is 18.5 Å². The van der Waals surface area contributed by atoms with Crippen LogP contribution in [0, 0.1) is 0 Å². The molecule has 154 valence electrons. The van der Waals surface area contributed by atoms with Gasteiger partial charge >= 0.3 is 0 Å². The lowest BCUT2D eigenvalue weighted by molar-refractivity contribution is -0.122. The Morgan fingerprint density at radius 3 is 2.30 bits per heavy atom. The van der Waals surface area contributed by atoms with Crippen LogP contribution in [0.1, 0.15) is 0 Å². The normalized spacial score (nSPS) is 15.6. The number of ether oxygens (including phenoxy) is 2. The number of amides is 1. The van der Waals surface area contributed by atoms with E-state index in [2.05, 4.69) is 5.32 Å². The molecular weight excluding hydrogens is 404 g/mol. The summed E-state index contributed by atoms with van der Waals surface area (Å²) in [6.07, 6.45) is 0.130. The van der Waals surface area contributed by atoms with Crippen LogP contribution in [0.15, 0.2) is 78.9 Å². The molecule has 3 aromatic carbocycles. The molecular formula is C22H20N2O5S. The number of anilines is 2. The number of benzene rings is 3. The molecule has 0 saturated heterocycles. The Bertz CT molecular complexity index is 1150. The predicted octanol–water partition coefficient (Wildman–Crippen LogP) is 3.64. The number of nitrogens with one attached hydrogen (secondary N) is 1. The predicted molar refractivity (Wildman–Crippen MR) is 115 cm³/mol. The number of hydrogen-bond acceptors (Lipinski definition) is 5. The second-order valence-electron chi connectivity index (χ2n) is 6.80. The highest BCUT2D eigenvalue weighted by atomic mass is 32.2. The van der Waals surface area contributed by atoms with E-state index in [9.17, 15) is 13.2 Å². The highest BCUT2D eigenvalue weighted by Gasteiger charge is 2.34. The maximum atomic E-state index is 12.7. The first-order valence-corrected chi connectivity index (χ1v) is 11.1. The van der Waals surface area contributed by atoms with Gasteiger partial charge in [0.25, 0.3) is 5.91 Å². The summed E-state index contributed by atoms with van der Waals surface area (Å²) >= 11 is 0. The van der Waals surface area contributed by atoms with Crippen molar-refractivity contribution in [1.82, 2.24) is 0 Å². The summed E-state index contributed by atoms with van der Waals surface area (Å²) in [5.41, 5.74) is 0.972. The molecule has 0 aliphatic carbocycles. The zero-order chi connectivity index (χ0) is 21.1. The molecule has 0 fully saturated rings. The van der Waals surface area contributed by atoms with Crippen LogP contribution in [0.3, 0.4) is 0 Å². The molecule has 1 amide bonds. The Morgan fingerprint density at radius 1 is 0.967 bits per heavy atom. The number of nitrogens with zero attached hydrogens (tertiary/aromatic N) is 1. The molecule has 1 heterocycles. The van der Waals surface area contributed by atoms with E-state index in [1.807, 2.05) is 30.3 Å². The van der Waals surface area contributed by atoms with Gasteiger partial charge < -0.3 is 14.8 Å². The van der Waals surface area contributed by atoms with E-state index in [4.69, 9.17) is 9.47 Å². The van der Waals surface area contributed by atoms with E-state index in [0.29, 0.717) is 28.6 Å². The number of rotatable bonds is 5. The third kappa shape index (κ3) is 4.38. The van der Waals surface area contributed by atoms with Crippen LogP contribution in [0.25, 0.3) is 0 Å². The average molecular weight is 424 g/mol. The van der Waals surface area contributed by atoms with Crippen LogP contribution in [0.4, 0.5) is 11.4 Å². The molecule has 1 aliphatic heterocycles. The van der Waals surface area contributed by atoms with E-state index in [0.717, 1.165) is 6.26 Å². The molecule has 0 bridgehead atoms. The topological polar surface area (TPSA) is 84.9 Å². The van der Waals surface area contributed by atoms with Crippen LogP contribution in [0.5, 0.6) is 17.2 Å². The van der Waals surface area contributed by atoms with Crippen molar-refractivity contribution in [3.63, 3.8) is 0 Å². The van der Waals surface area contributed by atoms with Gasteiger partial charge in [-0.25, -0.2) is 8.42 Å².